The van der Waals surface area contributed by atoms with E-state index in [1.165, 1.54) is 0 Å². The minimum atomic E-state index is -0.946. The molecule has 5 heteroatoms. The summed E-state index contributed by atoms with van der Waals surface area (Å²) in [7, 11) is 0. The van der Waals surface area contributed by atoms with Crippen molar-refractivity contribution in [3.63, 3.8) is 0 Å². The van der Waals surface area contributed by atoms with Crippen LogP contribution in [0.2, 0.25) is 0 Å². The van der Waals surface area contributed by atoms with E-state index in [4.69, 9.17) is 16.3 Å². The van der Waals surface area contributed by atoms with Gasteiger partial charge in [0.25, 0.3) is 0 Å². The van der Waals surface area contributed by atoms with E-state index < -0.39 is 23.8 Å². The van der Waals surface area contributed by atoms with E-state index in [1.54, 1.807) is 0 Å². The molecule has 1 rings (SSSR count). The lowest BCUT2D eigenvalue weighted by molar-refractivity contribution is -0.158. The first kappa shape index (κ1) is 18.0. The van der Waals surface area contributed by atoms with Crippen LogP contribution in [0.4, 0.5) is 0 Å². The van der Waals surface area contributed by atoms with E-state index in [0.29, 0.717) is 6.42 Å². The van der Waals surface area contributed by atoms with Crippen LogP contribution in [0, 0.1) is 0 Å². The van der Waals surface area contributed by atoms with Crippen molar-refractivity contribution in [2.24, 2.45) is 0 Å². The molecule has 0 bridgehead atoms. The number of aliphatic hydroxyl groups excluding tert-OH is 2. The molecule has 0 aliphatic carbocycles. The maximum absolute atomic E-state index is 11.8. The molecule has 0 radical (unpaired) electrons. The second-order valence-corrected chi connectivity index (χ2v) is 6.11. The summed E-state index contributed by atoms with van der Waals surface area (Å²) in [5.41, 5.74) is 0.428. The summed E-state index contributed by atoms with van der Waals surface area (Å²) in [4.78, 5) is 11.8. The standard InChI is InChI=1S/C16H23ClO4/c1-16(2,10-12-6-4-3-5-7-12)21-15(20)9-13(18)8-14(19)11-17/h3-7,13-14,18-19H,8-11H2,1-2H3. The van der Waals surface area contributed by atoms with Gasteiger partial charge in [-0.05, 0) is 19.4 Å². The van der Waals surface area contributed by atoms with Crippen LogP contribution in [-0.2, 0) is 16.0 Å². The average Bonchev–Trinajstić information content (AvgIpc) is 2.37. The van der Waals surface area contributed by atoms with Gasteiger partial charge in [0.05, 0.1) is 18.6 Å². The van der Waals surface area contributed by atoms with Crippen LogP contribution in [0.15, 0.2) is 30.3 Å². The molecule has 0 heterocycles. The average molecular weight is 315 g/mol. The molecule has 2 unspecified atom stereocenters. The smallest absolute Gasteiger partial charge is 0.308 e. The van der Waals surface area contributed by atoms with Gasteiger partial charge >= 0.3 is 5.97 Å². The molecule has 0 aromatic heterocycles. The minimum Gasteiger partial charge on any atom is -0.459 e. The zero-order chi connectivity index (χ0) is 15.9. The highest BCUT2D eigenvalue weighted by atomic mass is 35.5. The Labute approximate surface area is 130 Å². The molecule has 0 aliphatic rings. The Morgan fingerprint density at radius 3 is 2.43 bits per heavy atom. The van der Waals surface area contributed by atoms with Gasteiger partial charge in [0.15, 0.2) is 0 Å². The fourth-order valence-corrected chi connectivity index (χ4v) is 2.25. The highest BCUT2D eigenvalue weighted by Gasteiger charge is 2.25. The number of aliphatic hydroxyl groups is 2. The number of carbonyl (C=O) groups excluding carboxylic acids is 1. The SMILES string of the molecule is CC(C)(Cc1ccccc1)OC(=O)CC(O)CC(O)CCl. The molecule has 118 valence electrons. The van der Waals surface area contributed by atoms with Crippen LogP contribution >= 0.6 is 11.6 Å². The van der Waals surface area contributed by atoms with Gasteiger partial charge < -0.3 is 14.9 Å². The van der Waals surface area contributed by atoms with E-state index in [0.717, 1.165) is 5.56 Å². The molecule has 0 aliphatic heterocycles. The maximum Gasteiger partial charge on any atom is 0.308 e. The summed E-state index contributed by atoms with van der Waals surface area (Å²) < 4.78 is 5.41. The van der Waals surface area contributed by atoms with Crippen LogP contribution < -0.4 is 0 Å². The number of hydrogen-bond acceptors (Lipinski definition) is 4. The predicted octanol–water partition coefficient (Wildman–Crippen LogP) is 2.29. The first-order chi connectivity index (χ1) is 9.82. The number of hydrogen-bond donors (Lipinski definition) is 2. The van der Waals surface area contributed by atoms with Gasteiger partial charge in [0, 0.05) is 18.7 Å². The number of alkyl halides is 1. The maximum atomic E-state index is 11.8. The Morgan fingerprint density at radius 2 is 1.86 bits per heavy atom. The Hall–Kier alpha value is -1.10. The van der Waals surface area contributed by atoms with Crippen LogP contribution in [0.25, 0.3) is 0 Å². The summed E-state index contributed by atoms with van der Waals surface area (Å²) >= 11 is 5.45. The first-order valence-corrected chi connectivity index (χ1v) is 7.53. The number of ether oxygens (including phenoxy) is 1. The third-order valence-electron chi connectivity index (χ3n) is 2.99. The Balaban J connectivity index is 2.45. The zero-order valence-corrected chi connectivity index (χ0v) is 13.2. The van der Waals surface area contributed by atoms with Gasteiger partial charge in [-0.1, -0.05) is 30.3 Å². The van der Waals surface area contributed by atoms with Gasteiger partial charge in [0.1, 0.15) is 5.60 Å². The van der Waals surface area contributed by atoms with Crippen molar-refractivity contribution in [2.45, 2.75) is 50.9 Å². The normalized spacial score (nSPS) is 14.5. The van der Waals surface area contributed by atoms with Gasteiger partial charge in [-0.25, -0.2) is 0 Å². The molecule has 1 aromatic carbocycles. The quantitative estimate of drug-likeness (QED) is 0.571. The van der Waals surface area contributed by atoms with Crippen molar-refractivity contribution in [3.8, 4) is 0 Å². The van der Waals surface area contributed by atoms with Crippen molar-refractivity contribution >= 4 is 17.6 Å². The predicted molar refractivity (Wildman–Crippen MR) is 82.3 cm³/mol. The summed E-state index contributed by atoms with van der Waals surface area (Å²) in [5.74, 6) is -0.448. The van der Waals surface area contributed by atoms with E-state index in [-0.39, 0.29) is 18.7 Å². The van der Waals surface area contributed by atoms with E-state index >= 15 is 0 Å². The second-order valence-electron chi connectivity index (χ2n) is 5.80. The van der Waals surface area contributed by atoms with Crippen molar-refractivity contribution in [1.82, 2.24) is 0 Å². The van der Waals surface area contributed by atoms with Crippen molar-refractivity contribution in [1.29, 1.82) is 0 Å². The van der Waals surface area contributed by atoms with Crippen molar-refractivity contribution < 1.29 is 19.7 Å². The molecule has 2 atom stereocenters. The number of rotatable bonds is 8. The molecule has 4 nitrogen and oxygen atoms in total. The molecule has 0 fully saturated rings. The van der Waals surface area contributed by atoms with Crippen LogP contribution in [0.5, 0.6) is 0 Å². The van der Waals surface area contributed by atoms with Gasteiger partial charge in [-0.2, -0.15) is 0 Å². The minimum absolute atomic E-state index is 0.0333. The van der Waals surface area contributed by atoms with E-state index in [2.05, 4.69) is 0 Å². The summed E-state index contributed by atoms with van der Waals surface area (Å²) in [5, 5.41) is 19.0. The highest BCUT2D eigenvalue weighted by Crippen LogP contribution is 2.18. The molecule has 21 heavy (non-hydrogen) atoms. The van der Waals surface area contributed by atoms with Crippen LogP contribution in [-0.4, -0.2) is 39.9 Å². The van der Waals surface area contributed by atoms with E-state index in [9.17, 15) is 15.0 Å². The van der Waals surface area contributed by atoms with Crippen LogP contribution in [0.1, 0.15) is 32.3 Å². The number of benzene rings is 1. The topological polar surface area (TPSA) is 66.8 Å². The number of esters is 1. The zero-order valence-electron chi connectivity index (χ0n) is 12.5. The van der Waals surface area contributed by atoms with Gasteiger partial charge in [-0.3, -0.25) is 4.79 Å². The number of halogens is 1. The summed E-state index contributed by atoms with van der Waals surface area (Å²) in [6.45, 7) is 3.66. The molecule has 0 amide bonds. The Kier molecular flexibility index (Phi) is 7.15. The second kappa shape index (κ2) is 8.37. The van der Waals surface area contributed by atoms with Crippen LogP contribution in [0.3, 0.4) is 0 Å². The number of carbonyl (C=O) groups is 1. The third-order valence-corrected chi connectivity index (χ3v) is 3.34. The molecular formula is C16H23ClO4. The van der Waals surface area contributed by atoms with Crippen molar-refractivity contribution in [2.75, 3.05) is 5.88 Å². The molecule has 0 spiro atoms. The van der Waals surface area contributed by atoms with Crippen molar-refractivity contribution in [3.05, 3.63) is 35.9 Å². The molecule has 1 aromatic rings. The monoisotopic (exact) mass is 314 g/mol. The first-order valence-electron chi connectivity index (χ1n) is 7.00. The van der Waals surface area contributed by atoms with Gasteiger partial charge in [-0.15, -0.1) is 11.6 Å². The summed E-state index contributed by atoms with van der Waals surface area (Å²) in [6.07, 6.45) is -1.24. The lowest BCUT2D eigenvalue weighted by Crippen LogP contribution is -2.32. The largest absolute Gasteiger partial charge is 0.459 e. The Morgan fingerprint density at radius 1 is 1.24 bits per heavy atom. The fourth-order valence-electron chi connectivity index (χ4n) is 2.13. The lowest BCUT2D eigenvalue weighted by Gasteiger charge is -2.26. The third kappa shape index (κ3) is 7.46. The lowest BCUT2D eigenvalue weighted by atomic mass is 9.98. The van der Waals surface area contributed by atoms with E-state index in [1.807, 2.05) is 44.2 Å². The fraction of sp³-hybridized carbons (Fsp3) is 0.562. The molecule has 2 N–H and O–H groups in total. The molecular weight excluding hydrogens is 292 g/mol. The highest BCUT2D eigenvalue weighted by molar-refractivity contribution is 6.18. The molecule has 0 saturated heterocycles. The Bertz CT molecular complexity index is 433. The molecule has 0 saturated carbocycles. The van der Waals surface area contributed by atoms with Gasteiger partial charge in [0.2, 0.25) is 0 Å². The summed E-state index contributed by atoms with van der Waals surface area (Å²) in [6, 6.07) is 9.75.